The number of alkyl halides is 3. The molecule has 8 N–H and O–H groups in total. The van der Waals surface area contributed by atoms with Crippen LogP contribution in [0.3, 0.4) is 0 Å². The fraction of sp³-hybridized carbons (Fsp3) is 0.321. The Bertz CT molecular complexity index is 1600. The average molecular weight is 605 g/mol. The molecule has 0 amide bonds. The number of nitrogens with one attached hydrogen (secondary N) is 2. The van der Waals surface area contributed by atoms with Crippen LogP contribution in [-0.2, 0) is 13.0 Å². The second kappa shape index (κ2) is 13.7. The molecule has 0 radical (unpaired) electrons. The Morgan fingerprint density at radius 1 is 1.10 bits per heavy atom. The van der Waals surface area contributed by atoms with Crippen LogP contribution in [0.25, 0.3) is 28.0 Å². The fourth-order valence-corrected chi connectivity index (χ4v) is 4.66. The van der Waals surface area contributed by atoms with E-state index in [-0.39, 0.29) is 16.6 Å². The maximum absolute atomic E-state index is 13.1. The van der Waals surface area contributed by atoms with Gasteiger partial charge in [-0.3, -0.25) is 9.56 Å². The lowest BCUT2D eigenvalue weighted by molar-refractivity contribution is -0.274. The minimum absolute atomic E-state index is 0.0705. The third-order valence-corrected chi connectivity index (χ3v) is 6.78. The number of rotatable bonds is 13. The minimum Gasteiger partial charge on any atom is -0.404 e. The molecule has 0 atom stereocenters. The van der Waals surface area contributed by atoms with E-state index in [1.54, 1.807) is 30.5 Å². The molecule has 2 heterocycles. The summed E-state index contributed by atoms with van der Waals surface area (Å²) in [5.74, 6) is -0.431. The van der Waals surface area contributed by atoms with Crippen LogP contribution < -0.4 is 32.9 Å². The van der Waals surface area contributed by atoms with E-state index < -0.39 is 17.8 Å². The van der Waals surface area contributed by atoms with Gasteiger partial charge in [-0.25, -0.2) is 4.79 Å². The van der Waals surface area contributed by atoms with Gasteiger partial charge in [0.05, 0.1) is 10.7 Å². The molecule has 0 aliphatic heterocycles. The number of hydrogen-bond acceptors (Lipinski definition) is 6. The molecular formula is C28H32ClF3N8O2. The number of fused-ring (bicyclic) bond motifs is 1. The summed E-state index contributed by atoms with van der Waals surface area (Å²) in [5, 5.41) is 3.66. The summed E-state index contributed by atoms with van der Waals surface area (Å²) in [5.41, 5.74) is 18.9. The van der Waals surface area contributed by atoms with Crippen LogP contribution >= 0.6 is 11.6 Å². The van der Waals surface area contributed by atoms with E-state index in [1.165, 1.54) is 10.6 Å². The van der Waals surface area contributed by atoms with Crippen molar-refractivity contribution >= 4 is 28.6 Å². The van der Waals surface area contributed by atoms with Gasteiger partial charge in [-0.05, 0) is 80.2 Å². The van der Waals surface area contributed by atoms with E-state index in [4.69, 9.17) is 28.8 Å². The maximum atomic E-state index is 13.1. The van der Waals surface area contributed by atoms with Crippen molar-refractivity contribution in [3.05, 3.63) is 75.3 Å². The first kappa shape index (κ1) is 30.9. The first-order valence-corrected chi connectivity index (χ1v) is 13.7. The van der Waals surface area contributed by atoms with Crippen LogP contribution in [0.1, 0.15) is 30.4 Å². The summed E-state index contributed by atoms with van der Waals surface area (Å²) in [6.45, 7) is 2.38. The number of aryl methyl sites for hydroxylation is 1. The van der Waals surface area contributed by atoms with Gasteiger partial charge in [0.25, 0.3) is 0 Å². The zero-order chi connectivity index (χ0) is 30.3. The molecule has 0 saturated carbocycles. The number of halogens is 4. The largest absolute Gasteiger partial charge is 0.573 e. The molecule has 0 aliphatic rings. The molecule has 0 aliphatic carbocycles. The second-order valence-electron chi connectivity index (χ2n) is 9.63. The number of unbranched alkanes of at least 4 members (excludes halogenated alkanes) is 1. The monoisotopic (exact) mass is 604 g/mol. The number of nitrogens with zero attached hydrogens (tertiary/aromatic N) is 3. The molecule has 4 aromatic rings. The highest BCUT2D eigenvalue weighted by Gasteiger charge is 2.33. The van der Waals surface area contributed by atoms with Gasteiger partial charge < -0.3 is 32.2 Å². The molecule has 224 valence electrons. The SMILES string of the molecule is NCCCCc1cc(OC(F)(F)F)c(Cl)c(-c2cc3cn(-c4ccc(CNCCCN=C(N)N)cc4)c(=O)nc3[nH]2)c1. The molecule has 0 saturated heterocycles. The maximum Gasteiger partial charge on any atom is 0.573 e. The van der Waals surface area contributed by atoms with E-state index >= 15 is 0 Å². The second-order valence-corrected chi connectivity index (χ2v) is 10.0. The minimum atomic E-state index is -4.91. The molecule has 0 unspecified atom stereocenters. The van der Waals surface area contributed by atoms with Crippen LogP contribution in [-0.4, -0.2) is 46.5 Å². The Kier molecular flexibility index (Phi) is 10.1. The molecule has 2 aromatic heterocycles. The predicted molar refractivity (Wildman–Crippen MR) is 158 cm³/mol. The lowest BCUT2D eigenvalue weighted by atomic mass is 10.0. The van der Waals surface area contributed by atoms with Gasteiger partial charge in [-0.1, -0.05) is 23.7 Å². The molecule has 0 fully saturated rings. The van der Waals surface area contributed by atoms with Gasteiger partial charge >= 0.3 is 12.1 Å². The Labute approximate surface area is 244 Å². The van der Waals surface area contributed by atoms with E-state index in [9.17, 15) is 18.0 Å². The molecule has 2 aromatic carbocycles. The third kappa shape index (κ3) is 8.24. The quantitative estimate of drug-likeness (QED) is 0.0876. The Morgan fingerprint density at radius 3 is 2.55 bits per heavy atom. The van der Waals surface area contributed by atoms with Crippen LogP contribution in [0.15, 0.2) is 58.4 Å². The molecule has 10 nitrogen and oxygen atoms in total. The van der Waals surface area contributed by atoms with Gasteiger partial charge in [0.1, 0.15) is 11.4 Å². The van der Waals surface area contributed by atoms with Crippen molar-refractivity contribution in [3.8, 4) is 22.7 Å². The number of guanidine groups is 1. The molecule has 4 rings (SSSR count). The summed E-state index contributed by atoms with van der Waals surface area (Å²) in [4.78, 5) is 24.0. The molecule has 0 spiro atoms. The fourth-order valence-electron chi connectivity index (χ4n) is 4.41. The number of H-pyrrole nitrogens is 1. The number of aromatic nitrogens is 3. The van der Waals surface area contributed by atoms with Crippen LogP contribution in [0.5, 0.6) is 5.75 Å². The lowest BCUT2D eigenvalue weighted by Gasteiger charge is -2.15. The standard InChI is InChI=1S/C28H32ClF3N8O2/c29-24-21(12-18(4-1-2-9-33)13-23(24)42-28(30,31)32)22-14-19-16-40(27(41)39-25(19)38-22)20-7-5-17(6-8-20)15-36-10-3-11-37-26(34)35/h5-8,12-14,16,36H,1-4,9-11,15,33H2,(H4,34,35,37)(H,38,39,41). The number of ether oxygens (including phenoxy) is 1. The van der Waals surface area contributed by atoms with Gasteiger partial charge in [0, 0.05) is 35.9 Å². The Hall–Kier alpha value is -4.07. The number of aliphatic imine (C=N–C) groups is 1. The van der Waals surface area contributed by atoms with Gasteiger partial charge in [0.2, 0.25) is 0 Å². The molecule has 14 heteroatoms. The van der Waals surface area contributed by atoms with Crippen molar-refractivity contribution in [3.63, 3.8) is 0 Å². The van der Waals surface area contributed by atoms with Gasteiger partial charge in [-0.2, -0.15) is 4.98 Å². The number of aromatic amines is 1. The van der Waals surface area contributed by atoms with Gasteiger partial charge in [0.15, 0.2) is 5.96 Å². The Balaban J connectivity index is 1.57. The van der Waals surface area contributed by atoms with Crippen LogP contribution in [0.4, 0.5) is 13.2 Å². The lowest BCUT2D eigenvalue weighted by Crippen LogP contribution is -2.23. The Morgan fingerprint density at radius 2 is 1.86 bits per heavy atom. The smallest absolute Gasteiger partial charge is 0.404 e. The van der Waals surface area contributed by atoms with Crippen molar-refractivity contribution in [2.45, 2.75) is 38.6 Å². The summed E-state index contributed by atoms with van der Waals surface area (Å²) >= 11 is 6.38. The van der Waals surface area contributed by atoms with Gasteiger partial charge in [-0.15, -0.1) is 13.2 Å². The summed E-state index contributed by atoms with van der Waals surface area (Å²) in [6, 6.07) is 12.1. The van der Waals surface area contributed by atoms with E-state index in [0.29, 0.717) is 66.8 Å². The van der Waals surface area contributed by atoms with Crippen molar-refractivity contribution in [1.82, 2.24) is 19.9 Å². The van der Waals surface area contributed by atoms with Crippen molar-refractivity contribution in [1.29, 1.82) is 0 Å². The van der Waals surface area contributed by atoms with Crippen molar-refractivity contribution in [2.24, 2.45) is 22.2 Å². The summed E-state index contributed by atoms with van der Waals surface area (Å²) in [6.07, 6.45) is -0.618. The number of benzene rings is 2. The highest BCUT2D eigenvalue weighted by molar-refractivity contribution is 6.34. The zero-order valence-electron chi connectivity index (χ0n) is 22.7. The molecule has 42 heavy (non-hydrogen) atoms. The number of nitrogens with two attached hydrogens (primary N) is 3. The van der Waals surface area contributed by atoms with Crippen LogP contribution in [0.2, 0.25) is 5.02 Å². The highest BCUT2D eigenvalue weighted by atomic mass is 35.5. The van der Waals surface area contributed by atoms with Crippen molar-refractivity contribution < 1.29 is 17.9 Å². The normalized spacial score (nSPS) is 11.6. The first-order valence-electron chi connectivity index (χ1n) is 13.3. The first-order chi connectivity index (χ1) is 20.0. The van der Waals surface area contributed by atoms with E-state index in [2.05, 4.69) is 25.0 Å². The molecule has 0 bridgehead atoms. The predicted octanol–water partition coefficient (Wildman–Crippen LogP) is 3.97. The zero-order valence-corrected chi connectivity index (χ0v) is 23.4. The van der Waals surface area contributed by atoms with E-state index in [1.807, 2.05) is 12.1 Å². The molecular weight excluding hydrogens is 573 g/mol. The topological polar surface area (TPSA) is 162 Å². The summed E-state index contributed by atoms with van der Waals surface area (Å²) < 4.78 is 44.9. The number of hydrogen-bond donors (Lipinski definition) is 5. The third-order valence-electron chi connectivity index (χ3n) is 6.39. The average Bonchev–Trinajstić information content (AvgIpc) is 3.34. The summed E-state index contributed by atoms with van der Waals surface area (Å²) in [7, 11) is 0. The highest BCUT2D eigenvalue weighted by Crippen LogP contribution is 2.40. The van der Waals surface area contributed by atoms with E-state index in [0.717, 1.165) is 18.5 Å². The van der Waals surface area contributed by atoms with Crippen molar-refractivity contribution in [2.75, 3.05) is 19.6 Å². The van der Waals surface area contributed by atoms with Crippen LogP contribution in [0, 0.1) is 0 Å².